The van der Waals surface area contributed by atoms with Crippen molar-refractivity contribution >= 4 is 33.5 Å². The lowest BCUT2D eigenvalue weighted by Crippen LogP contribution is -2.02. The minimum absolute atomic E-state index is 0.464. The van der Waals surface area contributed by atoms with Crippen molar-refractivity contribution in [1.82, 2.24) is 9.97 Å². The third-order valence-corrected chi connectivity index (χ3v) is 3.58. The quantitative estimate of drug-likeness (QED) is 0.676. The van der Waals surface area contributed by atoms with E-state index >= 15 is 0 Å². The molecule has 1 aromatic heterocycles. The first-order valence-corrected chi connectivity index (χ1v) is 7.11. The van der Waals surface area contributed by atoms with E-state index in [4.69, 9.17) is 10.5 Å². The molecule has 0 saturated heterocycles. The van der Waals surface area contributed by atoms with Crippen LogP contribution >= 0.6 is 27.7 Å². The molecule has 2 N–H and O–H groups in total. The van der Waals surface area contributed by atoms with Gasteiger partial charge in [0.05, 0.1) is 6.61 Å². The van der Waals surface area contributed by atoms with E-state index < -0.39 is 0 Å². The number of rotatable bonds is 5. The van der Waals surface area contributed by atoms with Gasteiger partial charge in [0, 0.05) is 22.6 Å². The van der Waals surface area contributed by atoms with Crippen molar-refractivity contribution in [2.45, 2.75) is 5.03 Å². The first-order valence-electron chi connectivity index (χ1n) is 5.33. The molecule has 0 fully saturated rings. The second-order valence-electron chi connectivity index (χ2n) is 3.40. The number of ether oxygens (including phenoxy) is 1. The van der Waals surface area contributed by atoms with E-state index in [9.17, 15) is 0 Å². The molecule has 1 aromatic carbocycles. The Balaban J connectivity index is 1.76. The van der Waals surface area contributed by atoms with Crippen LogP contribution in [0.15, 0.2) is 46.2 Å². The van der Waals surface area contributed by atoms with E-state index in [0.717, 1.165) is 21.0 Å². The lowest BCUT2D eigenvalue weighted by atomic mass is 10.3. The van der Waals surface area contributed by atoms with Crippen LogP contribution in [-0.2, 0) is 0 Å². The summed E-state index contributed by atoms with van der Waals surface area (Å²) in [7, 11) is 0. The zero-order chi connectivity index (χ0) is 12.8. The number of benzene rings is 1. The van der Waals surface area contributed by atoms with Crippen LogP contribution in [0.2, 0.25) is 0 Å². The Morgan fingerprint density at radius 1 is 1.17 bits per heavy atom. The zero-order valence-electron chi connectivity index (χ0n) is 9.54. The fourth-order valence-electron chi connectivity index (χ4n) is 1.28. The number of hydrogen-bond donors (Lipinski definition) is 1. The normalized spacial score (nSPS) is 10.3. The molecule has 2 aromatic rings. The second-order valence-corrected chi connectivity index (χ2v) is 5.40. The molecule has 0 aliphatic rings. The largest absolute Gasteiger partial charge is 0.493 e. The van der Waals surface area contributed by atoms with Crippen molar-refractivity contribution in [3.05, 3.63) is 41.1 Å². The van der Waals surface area contributed by atoms with E-state index in [0.29, 0.717) is 12.4 Å². The standard InChI is InChI=1S/C12H12BrN3OS/c13-9-1-3-10(4-2-9)17-7-8-18-12-11(14)15-5-6-16-12/h1-6H,7-8H2,(H2,14,15). The van der Waals surface area contributed by atoms with Crippen LogP contribution in [-0.4, -0.2) is 22.3 Å². The molecule has 0 unspecified atom stereocenters. The Kier molecular flexibility index (Phi) is 4.83. The molecule has 0 amide bonds. The number of nitrogens with two attached hydrogens (primary N) is 1. The number of halogens is 1. The van der Waals surface area contributed by atoms with Crippen LogP contribution in [0, 0.1) is 0 Å². The summed E-state index contributed by atoms with van der Waals surface area (Å²) >= 11 is 4.91. The summed E-state index contributed by atoms with van der Waals surface area (Å²) < 4.78 is 6.63. The molecule has 6 heteroatoms. The van der Waals surface area contributed by atoms with Gasteiger partial charge in [-0.15, -0.1) is 0 Å². The summed E-state index contributed by atoms with van der Waals surface area (Å²) in [6.45, 7) is 0.600. The Bertz CT molecular complexity index is 507. The van der Waals surface area contributed by atoms with Crippen LogP contribution in [0.1, 0.15) is 0 Å². The fourth-order valence-corrected chi connectivity index (χ4v) is 2.24. The SMILES string of the molecule is Nc1nccnc1SCCOc1ccc(Br)cc1. The number of nitrogen functional groups attached to an aromatic ring is 1. The Hall–Kier alpha value is -1.27. The van der Waals surface area contributed by atoms with Gasteiger partial charge in [-0.3, -0.25) is 0 Å². The van der Waals surface area contributed by atoms with Gasteiger partial charge in [-0.05, 0) is 24.3 Å². The summed E-state index contributed by atoms with van der Waals surface area (Å²) in [6, 6.07) is 7.74. The van der Waals surface area contributed by atoms with E-state index in [1.54, 1.807) is 12.4 Å². The third-order valence-electron chi connectivity index (χ3n) is 2.10. The van der Waals surface area contributed by atoms with Gasteiger partial charge in [-0.1, -0.05) is 27.7 Å². The number of anilines is 1. The summed E-state index contributed by atoms with van der Waals surface area (Å²) in [5.41, 5.74) is 5.69. The van der Waals surface area contributed by atoms with Gasteiger partial charge in [0.25, 0.3) is 0 Å². The summed E-state index contributed by atoms with van der Waals surface area (Å²) in [4.78, 5) is 8.12. The molecule has 18 heavy (non-hydrogen) atoms. The molecule has 1 heterocycles. The lowest BCUT2D eigenvalue weighted by molar-refractivity contribution is 0.344. The molecule has 0 aliphatic carbocycles. The van der Waals surface area contributed by atoms with Crippen LogP contribution in [0.25, 0.3) is 0 Å². The number of aromatic nitrogens is 2. The van der Waals surface area contributed by atoms with Gasteiger partial charge in [-0.25, -0.2) is 9.97 Å². The molecule has 0 radical (unpaired) electrons. The molecule has 4 nitrogen and oxygen atoms in total. The molecule has 0 saturated carbocycles. The van der Waals surface area contributed by atoms with Gasteiger partial charge in [0.1, 0.15) is 10.8 Å². The van der Waals surface area contributed by atoms with Crippen LogP contribution in [0.3, 0.4) is 0 Å². The Labute approximate surface area is 118 Å². The maximum absolute atomic E-state index is 5.69. The highest BCUT2D eigenvalue weighted by Gasteiger charge is 2.01. The predicted octanol–water partition coefficient (Wildman–Crippen LogP) is 2.99. The van der Waals surface area contributed by atoms with Crippen molar-refractivity contribution in [2.75, 3.05) is 18.1 Å². The first kappa shape index (κ1) is 13.2. The van der Waals surface area contributed by atoms with Crippen LogP contribution in [0.5, 0.6) is 5.75 Å². The van der Waals surface area contributed by atoms with Crippen LogP contribution in [0.4, 0.5) is 5.82 Å². The number of nitrogens with zero attached hydrogens (tertiary/aromatic N) is 2. The molecular weight excluding hydrogens is 314 g/mol. The molecule has 0 atom stereocenters. The van der Waals surface area contributed by atoms with Gasteiger partial charge in [0.2, 0.25) is 0 Å². The summed E-state index contributed by atoms with van der Waals surface area (Å²) in [5.74, 6) is 2.09. The summed E-state index contributed by atoms with van der Waals surface area (Å²) in [5, 5.41) is 0.747. The van der Waals surface area contributed by atoms with E-state index in [2.05, 4.69) is 25.9 Å². The molecule has 0 aliphatic heterocycles. The van der Waals surface area contributed by atoms with Crippen molar-refractivity contribution in [2.24, 2.45) is 0 Å². The Morgan fingerprint density at radius 2 is 1.89 bits per heavy atom. The maximum atomic E-state index is 5.69. The molecule has 0 spiro atoms. The maximum Gasteiger partial charge on any atom is 0.156 e. The van der Waals surface area contributed by atoms with Crippen molar-refractivity contribution in [3.8, 4) is 5.75 Å². The predicted molar refractivity (Wildman–Crippen MR) is 76.8 cm³/mol. The van der Waals surface area contributed by atoms with Gasteiger partial charge < -0.3 is 10.5 Å². The smallest absolute Gasteiger partial charge is 0.156 e. The second kappa shape index (κ2) is 6.61. The minimum Gasteiger partial charge on any atom is -0.493 e. The Morgan fingerprint density at radius 3 is 2.61 bits per heavy atom. The number of hydrogen-bond acceptors (Lipinski definition) is 5. The molecule has 0 bridgehead atoms. The van der Waals surface area contributed by atoms with E-state index in [1.165, 1.54) is 11.8 Å². The van der Waals surface area contributed by atoms with Gasteiger partial charge in [-0.2, -0.15) is 0 Å². The van der Waals surface area contributed by atoms with E-state index in [1.807, 2.05) is 24.3 Å². The first-order chi connectivity index (χ1) is 8.75. The third kappa shape index (κ3) is 3.89. The molecule has 2 rings (SSSR count). The van der Waals surface area contributed by atoms with Crippen molar-refractivity contribution in [1.29, 1.82) is 0 Å². The van der Waals surface area contributed by atoms with Crippen molar-refractivity contribution < 1.29 is 4.74 Å². The monoisotopic (exact) mass is 325 g/mol. The average molecular weight is 326 g/mol. The molecular formula is C12H12BrN3OS. The van der Waals surface area contributed by atoms with Gasteiger partial charge in [0.15, 0.2) is 5.82 Å². The summed E-state index contributed by atoms with van der Waals surface area (Å²) in [6.07, 6.45) is 3.21. The average Bonchev–Trinajstić information content (AvgIpc) is 2.39. The fraction of sp³-hybridized carbons (Fsp3) is 0.167. The molecule has 94 valence electrons. The lowest BCUT2D eigenvalue weighted by Gasteiger charge is -2.06. The number of thioether (sulfide) groups is 1. The highest BCUT2D eigenvalue weighted by Crippen LogP contribution is 2.20. The minimum atomic E-state index is 0.464. The topological polar surface area (TPSA) is 61.0 Å². The van der Waals surface area contributed by atoms with E-state index in [-0.39, 0.29) is 0 Å². The van der Waals surface area contributed by atoms with Crippen molar-refractivity contribution in [3.63, 3.8) is 0 Å². The van der Waals surface area contributed by atoms with Crippen LogP contribution < -0.4 is 10.5 Å². The highest BCUT2D eigenvalue weighted by molar-refractivity contribution is 9.10. The van der Waals surface area contributed by atoms with Gasteiger partial charge >= 0.3 is 0 Å². The highest BCUT2D eigenvalue weighted by atomic mass is 79.9. The zero-order valence-corrected chi connectivity index (χ0v) is 11.9.